The van der Waals surface area contributed by atoms with Gasteiger partial charge in [0.25, 0.3) is 0 Å². The topological polar surface area (TPSA) is 38.1 Å². The lowest BCUT2D eigenvalue weighted by molar-refractivity contribution is 0.407. The SMILES string of the molecule is Cc1cc(/C=C2/CCCNC2)on1. The average Bonchev–Trinajstić information content (AvgIpc) is 2.53. The van der Waals surface area contributed by atoms with Gasteiger partial charge in [-0.3, -0.25) is 0 Å². The van der Waals surface area contributed by atoms with Gasteiger partial charge < -0.3 is 9.84 Å². The minimum atomic E-state index is 0.871. The molecule has 0 amide bonds. The van der Waals surface area contributed by atoms with Crippen molar-refractivity contribution < 1.29 is 4.52 Å². The predicted octanol–water partition coefficient (Wildman–Crippen LogP) is 1.75. The van der Waals surface area contributed by atoms with Crippen molar-refractivity contribution in [3.8, 4) is 0 Å². The molecule has 13 heavy (non-hydrogen) atoms. The summed E-state index contributed by atoms with van der Waals surface area (Å²) in [5.41, 5.74) is 2.35. The zero-order chi connectivity index (χ0) is 9.10. The number of rotatable bonds is 1. The molecule has 1 aliphatic rings. The Hall–Kier alpha value is -1.09. The molecule has 0 bridgehead atoms. The van der Waals surface area contributed by atoms with Crippen LogP contribution in [0.4, 0.5) is 0 Å². The molecule has 0 aliphatic carbocycles. The first-order chi connectivity index (χ1) is 6.34. The van der Waals surface area contributed by atoms with Crippen molar-refractivity contribution in [2.45, 2.75) is 19.8 Å². The van der Waals surface area contributed by atoms with Crippen LogP contribution in [0.2, 0.25) is 0 Å². The van der Waals surface area contributed by atoms with Gasteiger partial charge in [0.15, 0.2) is 5.76 Å². The van der Waals surface area contributed by atoms with Gasteiger partial charge in [0, 0.05) is 12.6 Å². The lowest BCUT2D eigenvalue weighted by atomic mass is 10.1. The zero-order valence-corrected chi connectivity index (χ0v) is 7.84. The lowest BCUT2D eigenvalue weighted by Crippen LogP contribution is -2.23. The number of nitrogens with one attached hydrogen (secondary N) is 1. The highest BCUT2D eigenvalue weighted by atomic mass is 16.5. The highest BCUT2D eigenvalue weighted by Gasteiger charge is 2.05. The second-order valence-electron chi connectivity index (χ2n) is 3.45. The fourth-order valence-corrected chi connectivity index (χ4v) is 1.55. The van der Waals surface area contributed by atoms with E-state index in [2.05, 4.69) is 16.5 Å². The summed E-state index contributed by atoms with van der Waals surface area (Å²) >= 11 is 0. The maximum absolute atomic E-state index is 5.11. The molecular formula is C10H14N2O. The van der Waals surface area contributed by atoms with Crippen LogP contribution in [0, 0.1) is 6.92 Å². The van der Waals surface area contributed by atoms with E-state index in [0.29, 0.717) is 0 Å². The number of hydrogen-bond acceptors (Lipinski definition) is 3. The second kappa shape index (κ2) is 3.75. The Morgan fingerprint density at radius 3 is 3.15 bits per heavy atom. The largest absolute Gasteiger partial charge is 0.357 e. The molecule has 0 saturated carbocycles. The molecule has 1 N–H and O–H groups in total. The third kappa shape index (κ3) is 2.18. The molecular weight excluding hydrogens is 164 g/mol. The summed E-state index contributed by atoms with van der Waals surface area (Å²) in [6, 6.07) is 1.96. The zero-order valence-electron chi connectivity index (χ0n) is 7.84. The third-order valence-corrected chi connectivity index (χ3v) is 2.20. The molecule has 1 fully saturated rings. The molecule has 1 aromatic rings. The summed E-state index contributed by atoms with van der Waals surface area (Å²) < 4.78 is 5.11. The van der Waals surface area contributed by atoms with E-state index < -0.39 is 0 Å². The molecule has 3 heteroatoms. The fraction of sp³-hybridized carbons (Fsp3) is 0.500. The number of aromatic nitrogens is 1. The minimum Gasteiger partial charge on any atom is -0.357 e. The molecule has 0 unspecified atom stereocenters. The maximum atomic E-state index is 5.11. The first-order valence-electron chi connectivity index (χ1n) is 4.68. The Labute approximate surface area is 77.8 Å². The van der Waals surface area contributed by atoms with Crippen molar-refractivity contribution in [1.82, 2.24) is 10.5 Å². The van der Waals surface area contributed by atoms with Crippen LogP contribution in [0.5, 0.6) is 0 Å². The lowest BCUT2D eigenvalue weighted by Gasteiger charge is -2.14. The Balaban J connectivity index is 2.09. The highest BCUT2D eigenvalue weighted by molar-refractivity contribution is 5.48. The number of aryl methyl sites for hydroxylation is 1. The molecule has 0 aromatic carbocycles. The van der Waals surface area contributed by atoms with Gasteiger partial charge in [0.05, 0.1) is 5.69 Å². The Morgan fingerprint density at radius 2 is 2.54 bits per heavy atom. The third-order valence-electron chi connectivity index (χ3n) is 2.20. The smallest absolute Gasteiger partial charge is 0.159 e. The molecule has 0 radical (unpaired) electrons. The van der Waals surface area contributed by atoms with Crippen molar-refractivity contribution in [2.75, 3.05) is 13.1 Å². The van der Waals surface area contributed by atoms with E-state index in [4.69, 9.17) is 4.52 Å². The molecule has 0 atom stereocenters. The van der Waals surface area contributed by atoms with Crippen molar-refractivity contribution >= 4 is 6.08 Å². The highest BCUT2D eigenvalue weighted by Crippen LogP contribution is 2.14. The summed E-state index contributed by atoms with van der Waals surface area (Å²) in [5.74, 6) is 0.871. The van der Waals surface area contributed by atoms with Crippen molar-refractivity contribution in [3.05, 3.63) is 23.1 Å². The van der Waals surface area contributed by atoms with Gasteiger partial charge in [-0.05, 0) is 32.4 Å². The van der Waals surface area contributed by atoms with Gasteiger partial charge in [-0.25, -0.2) is 0 Å². The Morgan fingerprint density at radius 1 is 1.62 bits per heavy atom. The number of piperidine rings is 1. The molecule has 2 rings (SSSR count). The summed E-state index contributed by atoms with van der Waals surface area (Å²) in [4.78, 5) is 0. The van der Waals surface area contributed by atoms with Crippen LogP contribution in [-0.4, -0.2) is 18.2 Å². The van der Waals surface area contributed by atoms with Gasteiger partial charge in [-0.15, -0.1) is 0 Å². The average molecular weight is 178 g/mol. The van der Waals surface area contributed by atoms with Crippen LogP contribution in [-0.2, 0) is 0 Å². The summed E-state index contributed by atoms with van der Waals surface area (Å²) in [6.45, 7) is 4.05. The van der Waals surface area contributed by atoms with Gasteiger partial charge >= 0.3 is 0 Å². The summed E-state index contributed by atoms with van der Waals surface area (Å²) in [6.07, 6.45) is 4.48. The van der Waals surface area contributed by atoms with E-state index in [0.717, 1.165) is 24.5 Å². The molecule has 2 heterocycles. The van der Waals surface area contributed by atoms with Crippen LogP contribution in [0.25, 0.3) is 6.08 Å². The molecule has 1 saturated heterocycles. The molecule has 70 valence electrons. The molecule has 1 aliphatic heterocycles. The second-order valence-corrected chi connectivity index (χ2v) is 3.45. The van der Waals surface area contributed by atoms with Gasteiger partial charge in [0.1, 0.15) is 0 Å². The Bertz CT molecular complexity index is 306. The summed E-state index contributed by atoms with van der Waals surface area (Å²) in [7, 11) is 0. The van der Waals surface area contributed by atoms with E-state index in [1.54, 1.807) is 0 Å². The molecule has 3 nitrogen and oxygen atoms in total. The van der Waals surface area contributed by atoms with E-state index in [1.165, 1.54) is 18.4 Å². The monoisotopic (exact) mass is 178 g/mol. The number of hydrogen-bond donors (Lipinski definition) is 1. The van der Waals surface area contributed by atoms with E-state index in [1.807, 2.05) is 13.0 Å². The molecule has 0 spiro atoms. The van der Waals surface area contributed by atoms with Crippen LogP contribution in [0.3, 0.4) is 0 Å². The van der Waals surface area contributed by atoms with Crippen molar-refractivity contribution in [3.63, 3.8) is 0 Å². The number of nitrogens with zero attached hydrogens (tertiary/aromatic N) is 1. The fourth-order valence-electron chi connectivity index (χ4n) is 1.55. The van der Waals surface area contributed by atoms with Crippen molar-refractivity contribution in [1.29, 1.82) is 0 Å². The first-order valence-corrected chi connectivity index (χ1v) is 4.68. The first kappa shape index (κ1) is 8.51. The predicted molar refractivity (Wildman–Crippen MR) is 51.3 cm³/mol. The van der Waals surface area contributed by atoms with Crippen molar-refractivity contribution in [2.24, 2.45) is 0 Å². The normalized spacial score (nSPS) is 20.8. The van der Waals surface area contributed by atoms with Crippen LogP contribution in [0.15, 0.2) is 16.2 Å². The quantitative estimate of drug-likeness (QED) is 0.712. The van der Waals surface area contributed by atoms with Gasteiger partial charge in [-0.1, -0.05) is 10.7 Å². The van der Waals surface area contributed by atoms with Crippen LogP contribution in [0.1, 0.15) is 24.3 Å². The Kier molecular flexibility index (Phi) is 2.45. The van der Waals surface area contributed by atoms with Crippen LogP contribution < -0.4 is 5.32 Å². The molecule has 1 aromatic heterocycles. The van der Waals surface area contributed by atoms with Gasteiger partial charge in [0.2, 0.25) is 0 Å². The van der Waals surface area contributed by atoms with Crippen LogP contribution >= 0.6 is 0 Å². The van der Waals surface area contributed by atoms with E-state index >= 15 is 0 Å². The van der Waals surface area contributed by atoms with E-state index in [-0.39, 0.29) is 0 Å². The standard InChI is InChI=1S/C10H14N2O/c1-8-5-10(13-12-8)6-9-3-2-4-11-7-9/h5-6,11H,2-4,7H2,1H3/b9-6-. The van der Waals surface area contributed by atoms with E-state index in [9.17, 15) is 0 Å². The minimum absolute atomic E-state index is 0.871. The maximum Gasteiger partial charge on any atom is 0.159 e. The summed E-state index contributed by atoms with van der Waals surface area (Å²) in [5, 5.41) is 7.17. The van der Waals surface area contributed by atoms with Gasteiger partial charge in [-0.2, -0.15) is 0 Å².